The molecular weight excluding hydrogens is 346 g/mol. The second-order valence-electron chi connectivity index (χ2n) is 6.51. The van der Waals surface area contributed by atoms with Gasteiger partial charge in [-0.1, -0.05) is 17.3 Å². The Labute approximate surface area is 156 Å². The van der Waals surface area contributed by atoms with Crippen molar-refractivity contribution < 1.29 is 14.1 Å². The van der Waals surface area contributed by atoms with Gasteiger partial charge in [0.15, 0.2) is 0 Å². The summed E-state index contributed by atoms with van der Waals surface area (Å²) in [5, 5.41) is 12.8. The van der Waals surface area contributed by atoms with E-state index in [1.54, 1.807) is 44.2 Å². The van der Waals surface area contributed by atoms with E-state index in [-0.39, 0.29) is 18.0 Å². The van der Waals surface area contributed by atoms with Gasteiger partial charge in [-0.3, -0.25) is 4.79 Å². The molecule has 3 N–H and O–H groups in total. The minimum absolute atomic E-state index is 0.00334. The second kappa shape index (κ2) is 7.45. The lowest BCUT2D eigenvalue weighted by molar-refractivity contribution is 0.102. The maximum Gasteiger partial charge on any atom is 0.319 e. The number of carbonyl (C=O) groups excluding carboxylic acids is 2. The Morgan fingerprint density at radius 2 is 1.74 bits per heavy atom. The van der Waals surface area contributed by atoms with E-state index in [0.717, 1.165) is 0 Å². The lowest BCUT2D eigenvalue weighted by Crippen LogP contribution is -2.34. The molecule has 8 heteroatoms. The third kappa shape index (κ3) is 4.05. The number of nitrogens with one attached hydrogen (secondary N) is 3. The quantitative estimate of drug-likeness (QED) is 0.652. The summed E-state index contributed by atoms with van der Waals surface area (Å²) >= 11 is 0. The molecule has 0 aliphatic carbocycles. The number of fused-ring (bicyclic) bond motifs is 1. The number of amides is 3. The SMILES string of the molecule is Cc1cc(C(=O)Nc2ccccc2NC(=O)NC(C)C)c2c(C)noc2n1. The van der Waals surface area contributed by atoms with Crippen molar-refractivity contribution in [3.8, 4) is 0 Å². The number of carbonyl (C=O) groups is 2. The highest BCUT2D eigenvalue weighted by atomic mass is 16.5. The van der Waals surface area contributed by atoms with Crippen molar-refractivity contribution in [3.63, 3.8) is 0 Å². The van der Waals surface area contributed by atoms with E-state index in [1.807, 2.05) is 13.8 Å². The predicted octanol–water partition coefficient (Wildman–Crippen LogP) is 3.62. The van der Waals surface area contributed by atoms with E-state index in [2.05, 4.69) is 26.1 Å². The fourth-order valence-corrected chi connectivity index (χ4v) is 2.71. The molecule has 0 spiro atoms. The molecule has 0 atom stereocenters. The molecule has 8 nitrogen and oxygen atoms in total. The largest absolute Gasteiger partial charge is 0.336 e. The zero-order valence-electron chi connectivity index (χ0n) is 15.6. The molecule has 0 fully saturated rings. The first-order chi connectivity index (χ1) is 12.8. The summed E-state index contributed by atoms with van der Waals surface area (Å²) in [6, 6.07) is 8.32. The molecule has 3 rings (SSSR count). The van der Waals surface area contributed by atoms with Crippen LogP contribution in [0.4, 0.5) is 16.2 Å². The van der Waals surface area contributed by atoms with Crippen LogP contribution in [0.5, 0.6) is 0 Å². The zero-order chi connectivity index (χ0) is 19.6. The predicted molar refractivity (Wildman–Crippen MR) is 103 cm³/mol. The number of para-hydroxylation sites is 2. The van der Waals surface area contributed by atoms with Crippen molar-refractivity contribution in [2.75, 3.05) is 10.6 Å². The molecule has 0 saturated heterocycles. The second-order valence-corrected chi connectivity index (χ2v) is 6.51. The number of pyridine rings is 1. The fourth-order valence-electron chi connectivity index (χ4n) is 2.71. The fraction of sp³-hybridized carbons (Fsp3) is 0.263. The molecule has 0 unspecified atom stereocenters. The number of nitrogens with zero attached hydrogens (tertiary/aromatic N) is 2. The molecule has 2 aromatic heterocycles. The summed E-state index contributed by atoms with van der Waals surface area (Å²) in [5.41, 5.74) is 2.95. The number of aromatic nitrogens is 2. The minimum Gasteiger partial charge on any atom is -0.336 e. The van der Waals surface area contributed by atoms with Crippen LogP contribution < -0.4 is 16.0 Å². The number of rotatable bonds is 4. The van der Waals surface area contributed by atoms with Gasteiger partial charge in [-0.15, -0.1) is 0 Å². The van der Waals surface area contributed by atoms with Gasteiger partial charge >= 0.3 is 6.03 Å². The van der Waals surface area contributed by atoms with Crippen molar-refractivity contribution >= 4 is 34.4 Å². The lowest BCUT2D eigenvalue weighted by Gasteiger charge is -2.14. The maximum atomic E-state index is 12.9. The molecule has 3 amide bonds. The van der Waals surface area contributed by atoms with Crippen LogP contribution in [0, 0.1) is 13.8 Å². The highest BCUT2D eigenvalue weighted by Gasteiger charge is 2.19. The van der Waals surface area contributed by atoms with Crippen molar-refractivity contribution in [2.45, 2.75) is 33.7 Å². The van der Waals surface area contributed by atoms with Crippen LogP contribution >= 0.6 is 0 Å². The van der Waals surface area contributed by atoms with E-state index < -0.39 is 0 Å². The number of hydrogen-bond donors (Lipinski definition) is 3. The van der Waals surface area contributed by atoms with Crippen LogP contribution in [-0.4, -0.2) is 28.1 Å². The Balaban J connectivity index is 1.89. The third-order valence-electron chi connectivity index (χ3n) is 3.83. The molecule has 0 aliphatic heterocycles. The summed E-state index contributed by atoms with van der Waals surface area (Å²) in [6.45, 7) is 7.27. The molecule has 140 valence electrons. The van der Waals surface area contributed by atoms with Crippen molar-refractivity contribution in [1.82, 2.24) is 15.5 Å². The van der Waals surface area contributed by atoms with Crippen LogP contribution in [0.1, 0.15) is 35.6 Å². The summed E-state index contributed by atoms with van der Waals surface area (Å²) in [5.74, 6) is -0.338. The number of benzene rings is 1. The van der Waals surface area contributed by atoms with Gasteiger partial charge in [-0.2, -0.15) is 0 Å². The van der Waals surface area contributed by atoms with Crippen LogP contribution in [0.25, 0.3) is 11.1 Å². The average Bonchev–Trinajstić information content (AvgIpc) is 2.96. The molecule has 2 heterocycles. The summed E-state index contributed by atoms with van der Waals surface area (Å²) in [4.78, 5) is 29.2. The molecule has 0 aliphatic rings. The maximum absolute atomic E-state index is 12.9. The highest BCUT2D eigenvalue weighted by molar-refractivity contribution is 6.13. The summed E-state index contributed by atoms with van der Waals surface area (Å²) in [7, 11) is 0. The Bertz CT molecular complexity index is 1010. The first kappa shape index (κ1) is 18.4. The van der Waals surface area contributed by atoms with Crippen molar-refractivity contribution in [2.24, 2.45) is 0 Å². The standard InChI is InChI=1S/C19H21N5O3/c1-10(2)20-19(26)23-15-8-6-5-7-14(15)22-17(25)13-9-11(3)21-18-16(13)12(4)24-27-18/h5-10H,1-4H3,(H,22,25)(H2,20,23,26). The van der Waals surface area contributed by atoms with Gasteiger partial charge in [0, 0.05) is 11.7 Å². The highest BCUT2D eigenvalue weighted by Crippen LogP contribution is 2.25. The van der Waals surface area contributed by atoms with Gasteiger partial charge in [0.1, 0.15) is 0 Å². The number of hydrogen-bond acceptors (Lipinski definition) is 5. The first-order valence-electron chi connectivity index (χ1n) is 8.56. The number of anilines is 2. The molecule has 1 aromatic carbocycles. The molecule has 0 bridgehead atoms. The van der Waals surface area contributed by atoms with Crippen LogP contribution in [0.15, 0.2) is 34.9 Å². The normalized spacial score (nSPS) is 10.9. The van der Waals surface area contributed by atoms with Crippen LogP contribution in [0.2, 0.25) is 0 Å². The third-order valence-corrected chi connectivity index (χ3v) is 3.83. The molecule has 3 aromatic rings. The van der Waals surface area contributed by atoms with Crippen molar-refractivity contribution in [3.05, 3.63) is 47.3 Å². The van der Waals surface area contributed by atoms with E-state index in [0.29, 0.717) is 39.4 Å². The van der Waals surface area contributed by atoms with E-state index >= 15 is 0 Å². The summed E-state index contributed by atoms with van der Waals surface area (Å²) in [6.07, 6.45) is 0. The Kier molecular flexibility index (Phi) is 5.07. The summed E-state index contributed by atoms with van der Waals surface area (Å²) < 4.78 is 5.18. The van der Waals surface area contributed by atoms with Crippen LogP contribution in [0.3, 0.4) is 0 Å². The van der Waals surface area contributed by atoms with E-state index in [4.69, 9.17) is 4.52 Å². The van der Waals surface area contributed by atoms with E-state index in [9.17, 15) is 9.59 Å². The average molecular weight is 367 g/mol. The van der Waals surface area contributed by atoms with Crippen molar-refractivity contribution in [1.29, 1.82) is 0 Å². The first-order valence-corrected chi connectivity index (χ1v) is 8.56. The number of aryl methyl sites for hydroxylation is 2. The van der Waals surface area contributed by atoms with Gasteiger partial charge in [0.2, 0.25) is 0 Å². The van der Waals surface area contributed by atoms with Gasteiger partial charge in [-0.05, 0) is 45.9 Å². The molecular formula is C19H21N5O3. The van der Waals surface area contributed by atoms with Gasteiger partial charge in [0.25, 0.3) is 11.6 Å². The molecule has 0 radical (unpaired) electrons. The number of urea groups is 1. The lowest BCUT2D eigenvalue weighted by atomic mass is 10.1. The van der Waals surface area contributed by atoms with Gasteiger partial charge < -0.3 is 20.5 Å². The topological polar surface area (TPSA) is 109 Å². The Morgan fingerprint density at radius 3 is 2.41 bits per heavy atom. The Morgan fingerprint density at radius 1 is 1.07 bits per heavy atom. The Hall–Kier alpha value is -3.42. The van der Waals surface area contributed by atoms with E-state index in [1.165, 1.54) is 0 Å². The van der Waals surface area contributed by atoms with Gasteiger partial charge in [-0.25, -0.2) is 9.78 Å². The van der Waals surface area contributed by atoms with Crippen LogP contribution in [-0.2, 0) is 0 Å². The molecule has 0 saturated carbocycles. The zero-order valence-corrected chi connectivity index (χ0v) is 15.6. The molecule has 27 heavy (non-hydrogen) atoms. The monoisotopic (exact) mass is 367 g/mol. The smallest absolute Gasteiger partial charge is 0.319 e. The minimum atomic E-state index is -0.344. The van der Waals surface area contributed by atoms with Gasteiger partial charge in [0.05, 0.1) is 28.0 Å².